The maximum absolute atomic E-state index is 11.7. The third kappa shape index (κ3) is 6.52. The van der Waals surface area contributed by atoms with E-state index in [2.05, 4.69) is 34.7 Å². The van der Waals surface area contributed by atoms with Crippen LogP contribution >= 0.6 is 11.3 Å². The molecule has 6 heteroatoms. The zero-order valence-corrected chi connectivity index (χ0v) is 12.8. The Hall–Kier alpha value is -1.17. The number of amides is 1. The summed E-state index contributed by atoms with van der Waals surface area (Å²) < 4.78 is 0. The molecule has 0 bridgehead atoms. The second-order valence-electron chi connectivity index (χ2n) is 5.02. The number of anilines is 1. The molecule has 19 heavy (non-hydrogen) atoms. The Morgan fingerprint density at radius 3 is 2.58 bits per heavy atom. The SMILES string of the molecule is CNc1nnc(C(=O)NCCCCCCC(C)C)s1. The molecule has 1 aromatic rings. The molecule has 0 fully saturated rings. The van der Waals surface area contributed by atoms with Crippen LogP contribution in [0.1, 0.15) is 55.8 Å². The Balaban J connectivity index is 2.07. The van der Waals surface area contributed by atoms with Gasteiger partial charge in [0.05, 0.1) is 0 Å². The van der Waals surface area contributed by atoms with Crippen molar-refractivity contribution < 1.29 is 4.79 Å². The normalized spacial score (nSPS) is 10.7. The van der Waals surface area contributed by atoms with Crippen LogP contribution in [-0.2, 0) is 0 Å². The van der Waals surface area contributed by atoms with Crippen LogP contribution in [0, 0.1) is 5.92 Å². The van der Waals surface area contributed by atoms with Crippen molar-refractivity contribution in [2.45, 2.75) is 46.0 Å². The lowest BCUT2D eigenvalue weighted by molar-refractivity contribution is 0.0952. The minimum absolute atomic E-state index is 0.124. The Kier molecular flexibility index (Phi) is 7.40. The molecule has 5 nitrogen and oxygen atoms in total. The number of carbonyl (C=O) groups excluding carboxylic acids is 1. The van der Waals surface area contributed by atoms with E-state index in [1.54, 1.807) is 7.05 Å². The second kappa shape index (κ2) is 8.85. The van der Waals surface area contributed by atoms with Gasteiger partial charge < -0.3 is 10.6 Å². The number of carbonyl (C=O) groups is 1. The average molecular weight is 284 g/mol. The van der Waals surface area contributed by atoms with Crippen LogP contribution in [0.2, 0.25) is 0 Å². The van der Waals surface area contributed by atoms with Crippen molar-refractivity contribution in [3.63, 3.8) is 0 Å². The summed E-state index contributed by atoms with van der Waals surface area (Å²) >= 11 is 1.27. The van der Waals surface area contributed by atoms with Crippen LogP contribution in [0.15, 0.2) is 0 Å². The minimum atomic E-state index is -0.124. The third-order valence-electron chi connectivity index (χ3n) is 2.83. The fourth-order valence-electron chi connectivity index (χ4n) is 1.72. The molecule has 0 aliphatic rings. The number of hydrogen-bond acceptors (Lipinski definition) is 5. The summed E-state index contributed by atoms with van der Waals surface area (Å²) in [6.07, 6.45) is 6.03. The molecule has 0 aliphatic carbocycles. The number of unbranched alkanes of at least 4 members (excludes halogenated alkanes) is 3. The van der Waals surface area contributed by atoms with Crippen molar-refractivity contribution in [2.24, 2.45) is 5.92 Å². The van der Waals surface area contributed by atoms with Crippen LogP contribution in [0.4, 0.5) is 5.13 Å². The van der Waals surface area contributed by atoms with E-state index in [1.807, 2.05) is 0 Å². The largest absolute Gasteiger partial charge is 0.363 e. The number of nitrogens with zero attached hydrogens (tertiary/aromatic N) is 2. The summed E-state index contributed by atoms with van der Waals surface area (Å²) in [5, 5.41) is 14.5. The van der Waals surface area contributed by atoms with Gasteiger partial charge in [-0.2, -0.15) is 0 Å². The molecule has 108 valence electrons. The van der Waals surface area contributed by atoms with Crippen LogP contribution in [0.25, 0.3) is 0 Å². The highest BCUT2D eigenvalue weighted by molar-refractivity contribution is 7.17. The molecule has 1 rings (SSSR count). The molecular formula is C13H24N4OS. The summed E-state index contributed by atoms with van der Waals surface area (Å²) in [4.78, 5) is 11.7. The molecule has 1 amide bonds. The lowest BCUT2D eigenvalue weighted by atomic mass is 10.0. The molecule has 0 radical (unpaired) electrons. The molecule has 0 atom stereocenters. The zero-order valence-electron chi connectivity index (χ0n) is 12.0. The summed E-state index contributed by atoms with van der Waals surface area (Å²) in [7, 11) is 1.76. The van der Waals surface area contributed by atoms with E-state index in [-0.39, 0.29) is 5.91 Å². The summed E-state index contributed by atoms with van der Waals surface area (Å²) in [6.45, 7) is 5.22. The predicted octanol–water partition coefficient (Wildman–Crippen LogP) is 2.92. The van der Waals surface area contributed by atoms with Crippen molar-refractivity contribution in [1.82, 2.24) is 15.5 Å². The molecule has 0 aliphatic heterocycles. The zero-order chi connectivity index (χ0) is 14.1. The van der Waals surface area contributed by atoms with E-state index >= 15 is 0 Å². The minimum Gasteiger partial charge on any atom is -0.363 e. The highest BCUT2D eigenvalue weighted by Crippen LogP contribution is 2.13. The first kappa shape index (κ1) is 15.9. The summed E-state index contributed by atoms with van der Waals surface area (Å²) in [5.74, 6) is 0.666. The van der Waals surface area contributed by atoms with Gasteiger partial charge in [-0.05, 0) is 12.3 Å². The van der Waals surface area contributed by atoms with E-state index in [4.69, 9.17) is 0 Å². The molecule has 0 saturated heterocycles. The molecule has 0 unspecified atom stereocenters. The lowest BCUT2D eigenvalue weighted by Crippen LogP contribution is -2.24. The van der Waals surface area contributed by atoms with Gasteiger partial charge in [0.1, 0.15) is 0 Å². The Bertz CT molecular complexity index is 378. The van der Waals surface area contributed by atoms with E-state index in [0.717, 1.165) is 18.9 Å². The first-order chi connectivity index (χ1) is 9.13. The van der Waals surface area contributed by atoms with Crippen LogP contribution in [-0.4, -0.2) is 29.7 Å². The van der Waals surface area contributed by atoms with Crippen molar-refractivity contribution in [2.75, 3.05) is 18.9 Å². The van der Waals surface area contributed by atoms with Crippen molar-refractivity contribution in [1.29, 1.82) is 0 Å². The maximum atomic E-state index is 11.7. The van der Waals surface area contributed by atoms with E-state index < -0.39 is 0 Å². The van der Waals surface area contributed by atoms with Gasteiger partial charge in [0.25, 0.3) is 5.91 Å². The molecule has 0 saturated carbocycles. The van der Waals surface area contributed by atoms with Gasteiger partial charge in [0.15, 0.2) is 0 Å². The number of aromatic nitrogens is 2. The second-order valence-corrected chi connectivity index (χ2v) is 5.99. The van der Waals surface area contributed by atoms with Crippen LogP contribution in [0.5, 0.6) is 0 Å². The Labute approximate surface area is 119 Å². The van der Waals surface area contributed by atoms with Gasteiger partial charge in [-0.15, -0.1) is 10.2 Å². The molecule has 2 N–H and O–H groups in total. The average Bonchev–Trinajstić information content (AvgIpc) is 2.85. The van der Waals surface area contributed by atoms with E-state index in [1.165, 1.54) is 37.0 Å². The lowest BCUT2D eigenvalue weighted by Gasteiger charge is -2.05. The van der Waals surface area contributed by atoms with E-state index in [9.17, 15) is 4.79 Å². The summed E-state index contributed by atoms with van der Waals surface area (Å²) in [5.41, 5.74) is 0. The van der Waals surface area contributed by atoms with Crippen LogP contribution in [0.3, 0.4) is 0 Å². The third-order valence-corrected chi connectivity index (χ3v) is 3.77. The van der Waals surface area contributed by atoms with Crippen molar-refractivity contribution in [3.05, 3.63) is 5.01 Å². The fourth-order valence-corrected chi connectivity index (χ4v) is 2.34. The van der Waals surface area contributed by atoms with Gasteiger partial charge in [-0.1, -0.05) is 50.9 Å². The molecular weight excluding hydrogens is 260 g/mol. The number of nitrogens with one attached hydrogen (secondary N) is 2. The van der Waals surface area contributed by atoms with Gasteiger partial charge in [0.2, 0.25) is 10.1 Å². The molecule has 0 spiro atoms. The van der Waals surface area contributed by atoms with Crippen molar-refractivity contribution >= 4 is 22.4 Å². The number of hydrogen-bond donors (Lipinski definition) is 2. The van der Waals surface area contributed by atoms with Crippen LogP contribution < -0.4 is 10.6 Å². The topological polar surface area (TPSA) is 66.9 Å². The molecule has 1 aromatic heterocycles. The Morgan fingerprint density at radius 2 is 1.95 bits per heavy atom. The molecule has 0 aromatic carbocycles. The first-order valence-corrected chi connectivity index (χ1v) is 7.74. The monoisotopic (exact) mass is 284 g/mol. The molecule has 1 heterocycles. The van der Waals surface area contributed by atoms with E-state index in [0.29, 0.717) is 10.1 Å². The van der Waals surface area contributed by atoms with Gasteiger partial charge in [-0.25, -0.2) is 0 Å². The smallest absolute Gasteiger partial charge is 0.282 e. The van der Waals surface area contributed by atoms with Gasteiger partial charge in [-0.3, -0.25) is 4.79 Å². The van der Waals surface area contributed by atoms with Crippen molar-refractivity contribution in [3.8, 4) is 0 Å². The quantitative estimate of drug-likeness (QED) is 0.684. The summed E-state index contributed by atoms with van der Waals surface area (Å²) in [6, 6.07) is 0. The standard InChI is InChI=1S/C13H24N4OS/c1-10(2)8-6-4-5-7-9-15-11(18)12-16-17-13(14-3)19-12/h10H,4-9H2,1-3H3,(H,14,17)(H,15,18). The van der Waals surface area contributed by atoms with Gasteiger partial charge in [0, 0.05) is 13.6 Å². The maximum Gasteiger partial charge on any atom is 0.282 e. The highest BCUT2D eigenvalue weighted by Gasteiger charge is 2.11. The van der Waals surface area contributed by atoms with Gasteiger partial charge >= 0.3 is 0 Å². The fraction of sp³-hybridized carbons (Fsp3) is 0.769. The Morgan fingerprint density at radius 1 is 1.21 bits per heavy atom. The first-order valence-electron chi connectivity index (χ1n) is 6.93. The predicted molar refractivity (Wildman–Crippen MR) is 79.7 cm³/mol. The highest BCUT2D eigenvalue weighted by atomic mass is 32.1. The number of rotatable bonds is 9.